The molecule has 0 bridgehead atoms. The molecular formula is C21H12DyN3S6. The van der Waals surface area contributed by atoms with Gasteiger partial charge < -0.3 is 71.9 Å². The summed E-state index contributed by atoms with van der Waals surface area (Å²) in [5.74, 6) is 0. The molecule has 3 heterocycles. The van der Waals surface area contributed by atoms with Gasteiger partial charge in [0.1, 0.15) is 0 Å². The van der Waals surface area contributed by atoms with Crippen molar-refractivity contribution in [1.82, 2.24) is 15.0 Å². The van der Waals surface area contributed by atoms with E-state index < -0.39 is 0 Å². The van der Waals surface area contributed by atoms with Crippen molar-refractivity contribution >= 4 is 103 Å². The standard InChI is InChI=1S/3C7H5NS2.Dy/c3*9-7-8-5-3-1-2-4-6(5)10-7;/h3*1-4H,(H,8,9);/q;;;+3/p-3. The normalized spacial score (nSPS) is 10.1. The minimum absolute atomic E-state index is 0. The molecule has 6 aromatic rings. The first kappa shape index (κ1) is 24.9. The van der Waals surface area contributed by atoms with Gasteiger partial charge in [0.2, 0.25) is 0 Å². The number of thiazole rings is 3. The summed E-state index contributed by atoms with van der Waals surface area (Å²) >= 11 is 19.4. The first-order valence-corrected chi connectivity index (χ1v) is 12.3. The van der Waals surface area contributed by atoms with Gasteiger partial charge in [-0.25, -0.2) is 0 Å². The molecule has 0 saturated heterocycles. The van der Waals surface area contributed by atoms with Gasteiger partial charge in [0.05, 0.1) is 16.6 Å². The topological polar surface area (TPSA) is 38.7 Å². The Bertz CT molecular complexity index is 1140. The molecule has 0 aliphatic carbocycles. The summed E-state index contributed by atoms with van der Waals surface area (Å²) in [6.07, 6.45) is 0. The van der Waals surface area contributed by atoms with Gasteiger partial charge >= 0.3 is 38.2 Å². The Hall–Kier alpha value is -0.737. The SMILES string of the molecule is [Dy+3].[S-]c1nc2ccccc2s1.[S-]c1nc2ccccc2s1.[S-]c1nc2ccccc2s1. The molecule has 1 radical (unpaired) electrons. The van der Waals surface area contributed by atoms with Crippen LogP contribution >= 0.6 is 34.0 Å². The van der Waals surface area contributed by atoms with Crippen molar-refractivity contribution in [2.24, 2.45) is 0 Å². The smallest absolute Gasteiger partial charge is 0.408 e. The van der Waals surface area contributed by atoms with Crippen LogP contribution in [0.4, 0.5) is 0 Å². The first-order valence-electron chi connectivity index (χ1n) is 8.66. The van der Waals surface area contributed by atoms with Crippen molar-refractivity contribution in [2.75, 3.05) is 0 Å². The van der Waals surface area contributed by atoms with Crippen LogP contribution in [0.5, 0.6) is 0 Å². The van der Waals surface area contributed by atoms with E-state index in [0.717, 1.165) is 29.6 Å². The predicted octanol–water partition coefficient (Wildman–Crippen LogP) is 6.61. The largest absolute Gasteiger partial charge is 3.00 e. The van der Waals surface area contributed by atoms with Gasteiger partial charge in [0.15, 0.2) is 0 Å². The quantitative estimate of drug-likeness (QED) is 0.171. The van der Waals surface area contributed by atoms with Crippen LogP contribution < -0.4 is 0 Å². The molecule has 3 aromatic carbocycles. The van der Waals surface area contributed by atoms with E-state index in [9.17, 15) is 0 Å². The molecule has 10 heteroatoms. The fourth-order valence-corrected chi connectivity index (χ4v) is 5.75. The van der Waals surface area contributed by atoms with Gasteiger partial charge in [-0.15, -0.1) is 0 Å². The maximum Gasteiger partial charge on any atom is 3.00 e. The molecule has 0 unspecified atom stereocenters. The van der Waals surface area contributed by atoms with E-state index >= 15 is 0 Å². The van der Waals surface area contributed by atoms with Crippen LogP contribution in [0.3, 0.4) is 0 Å². The number of para-hydroxylation sites is 3. The maximum atomic E-state index is 4.92. The molecule has 31 heavy (non-hydrogen) atoms. The molecule has 0 saturated carbocycles. The maximum absolute atomic E-state index is 4.92. The molecule has 0 spiro atoms. The van der Waals surface area contributed by atoms with Gasteiger partial charge in [-0.1, -0.05) is 54.6 Å². The number of rotatable bonds is 0. The van der Waals surface area contributed by atoms with E-state index in [4.69, 9.17) is 37.9 Å². The summed E-state index contributed by atoms with van der Waals surface area (Å²) in [6, 6.07) is 23.9. The van der Waals surface area contributed by atoms with Gasteiger partial charge in [-0.2, -0.15) is 0 Å². The van der Waals surface area contributed by atoms with Crippen molar-refractivity contribution < 1.29 is 38.2 Å². The number of nitrogens with zero attached hydrogens (tertiary/aromatic N) is 3. The summed E-state index contributed by atoms with van der Waals surface area (Å²) in [5, 5.41) is 0. The molecule has 0 fully saturated rings. The molecule has 6 rings (SSSR count). The number of hydrogen-bond donors (Lipinski definition) is 0. The zero-order chi connectivity index (χ0) is 20.9. The second kappa shape index (κ2) is 11.9. The Morgan fingerprint density at radius 2 is 0.710 bits per heavy atom. The van der Waals surface area contributed by atoms with E-state index in [2.05, 4.69) is 15.0 Å². The number of fused-ring (bicyclic) bond motifs is 3. The minimum Gasteiger partial charge on any atom is -0.408 e. The van der Waals surface area contributed by atoms with Crippen molar-refractivity contribution in [3.63, 3.8) is 0 Å². The van der Waals surface area contributed by atoms with E-state index in [-0.39, 0.29) is 38.2 Å². The Morgan fingerprint density at radius 3 is 0.968 bits per heavy atom. The molecule has 0 N–H and O–H groups in total. The zero-order valence-corrected chi connectivity index (χ0v) is 22.5. The summed E-state index contributed by atoms with van der Waals surface area (Å²) < 4.78 is 5.69. The fourth-order valence-electron chi connectivity index (χ4n) is 2.55. The summed E-state index contributed by atoms with van der Waals surface area (Å²) in [6.45, 7) is 0. The number of hydrogen-bond acceptors (Lipinski definition) is 9. The minimum atomic E-state index is 0. The van der Waals surface area contributed by atoms with Crippen LogP contribution in [0.2, 0.25) is 0 Å². The van der Waals surface area contributed by atoms with E-state index in [1.807, 2.05) is 72.8 Å². The van der Waals surface area contributed by atoms with Gasteiger partial charge in [-0.05, 0) is 45.3 Å². The molecule has 0 aliphatic heterocycles. The van der Waals surface area contributed by atoms with Gasteiger partial charge in [-0.3, -0.25) is 15.0 Å². The van der Waals surface area contributed by atoms with Crippen LogP contribution in [0.15, 0.2) is 85.8 Å². The van der Waals surface area contributed by atoms with E-state index in [1.165, 1.54) is 14.1 Å². The Balaban J connectivity index is 0.000000130. The molecule has 0 aliphatic rings. The predicted molar refractivity (Wildman–Crippen MR) is 136 cm³/mol. The Morgan fingerprint density at radius 1 is 0.452 bits per heavy atom. The van der Waals surface area contributed by atoms with Crippen molar-refractivity contribution in [3.8, 4) is 0 Å². The third-order valence-electron chi connectivity index (χ3n) is 3.82. The molecule has 3 nitrogen and oxygen atoms in total. The van der Waals surface area contributed by atoms with Crippen LogP contribution in [0.1, 0.15) is 0 Å². The van der Waals surface area contributed by atoms with Gasteiger partial charge in [0, 0.05) is 0 Å². The average molecular weight is 661 g/mol. The summed E-state index contributed by atoms with van der Waals surface area (Å²) in [7, 11) is 0. The number of benzene rings is 3. The molecule has 3 aromatic heterocycles. The van der Waals surface area contributed by atoms with Gasteiger partial charge in [0.25, 0.3) is 0 Å². The summed E-state index contributed by atoms with van der Waals surface area (Å²) in [5.41, 5.74) is 3.03. The second-order valence-corrected chi connectivity index (χ2v) is 10.9. The van der Waals surface area contributed by atoms with Crippen LogP contribution in [0.25, 0.3) is 30.6 Å². The third-order valence-corrected chi connectivity index (χ3v) is 7.34. The molecule has 157 valence electrons. The van der Waals surface area contributed by atoms with Crippen LogP contribution in [0, 0.1) is 38.2 Å². The van der Waals surface area contributed by atoms with E-state index in [0.29, 0.717) is 0 Å². The second-order valence-electron chi connectivity index (χ2n) is 5.84. The molecule has 0 amide bonds. The van der Waals surface area contributed by atoms with Crippen LogP contribution in [-0.4, -0.2) is 15.0 Å². The average Bonchev–Trinajstić information content (AvgIpc) is 3.41. The first-order chi connectivity index (χ1) is 14.6. The molecular weight excluding hydrogens is 649 g/mol. The monoisotopic (exact) mass is 662 g/mol. The Labute approximate surface area is 238 Å². The number of aromatic nitrogens is 3. The Kier molecular flexibility index (Phi) is 9.58. The summed E-state index contributed by atoms with van der Waals surface area (Å²) in [4.78, 5) is 12.4. The fraction of sp³-hybridized carbons (Fsp3) is 0. The van der Waals surface area contributed by atoms with Crippen LogP contribution in [-0.2, 0) is 37.9 Å². The van der Waals surface area contributed by atoms with Crippen molar-refractivity contribution in [2.45, 2.75) is 13.0 Å². The molecule has 0 atom stereocenters. The van der Waals surface area contributed by atoms with E-state index in [1.54, 1.807) is 34.0 Å². The van der Waals surface area contributed by atoms with Crippen molar-refractivity contribution in [3.05, 3.63) is 72.8 Å². The third kappa shape index (κ3) is 6.87. The zero-order valence-electron chi connectivity index (χ0n) is 15.5. The van der Waals surface area contributed by atoms with Crippen molar-refractivity contribution in [1.29, 1.82) is 0 Å².